The van der Waals surface area contributed by atoms with E-state index in [4.69, 9.17) is 15.9 Å². The molecule has 5 nitrogen and oxygen atoms in total. The third kappa shape index (κ3) is 2.70. The fourth-order valence-electron chi connectivity index (χ4n) is 1.68. The highest BCUT2D eigenvalue weighted by molar-refractivity contribution is 9.10. The predicted octanol–water partition coefficient (Wildman–Crippen LogP) is 1.99. The van der Waals surface area contributed by atoms with Gasteiger partial charge in [0.2, 0.25) is 0 Å². The molecule has 0 amide bonds. The first-order valence-corrected chi connectivity index (χ1v) is 6.08. The van der Waals surface area contributed by atoms with Crippen LogP contribution in [0.25, 0.3) is 0 Å². The first-order chi connectivity index (χ1) is 8.60. The van der Waals surface area contributed by atoms with Gasteiger partial charge in [-0.2, -0.15) is 5.10 Å². The van der Waals surface area contributed by atoms with Gasteiger partial charge in [0.25, 0.3) is 0 Å². The lowest BCUT2D eigenvalue weighted by Crippen LogP contribution is -2.13. The molecule has 0 bridgehead atoms. The van der Waals surface area contributed by atoms with Gasteiger partial charge in [-0.1, -0.05) is 6.07 Å². The van der Waals surface area contributed by atoms with Gasteiger partial charge in [-0.25, -0.2) is 0 Å². The number of nitrogen functional groups attached to an aromatic ring is 1. The van der Waals surface area contributed by atoms with Gasteiger partial charge in [-0.05, 0) is 33.6 Å². The molecule has 0 spiro atoms. The number of aromatic nitrogens is 2. The second-order valence-corrected chi connectivity index (χ2v) is 4.72. The van der Waals surface area contributed by atoms with Crippen LogP contribution in [0.2, 0.25) is 0 Å². The van der Waals surface area contributed by atoms with E-state index in [1.807, 2.05) is 24.4 Å². The van der Waals surface area contributed by atoms with E-state index >= 15 is 0 Å². The number of hydrogen-bond acceptors (Lipinski definition) is 3. The van der Waals surface area contributed by atoms with Crippen LogP contribution in [-0.2, 0) is 6.54 Å². The molecule has 0 atom stereocenters. The molecule has 0 radical (unpaired) electrons. The average molecular weight is 309 g/mol. The Labute approximate surface area is 113 Å². The number of amidine groups is 1. The maximum Gasteiger partial charge on any atom is 0.129 e. The summed E-state index contributed by atoms with van der Waals surface area (Å²) >= 11 is 3.35. The monoisotopic (exact) mass is 308 g/mol. The van der Waals surface area contributed by atoms with Crippen LogP contribution >= 0.6 is 15.9 Å². The maximum atomic E-state index is 7.53. The van der Waals surface area contributed by atoms with Crippen LogP contribution in [0.3, 0.4) is 0 Å². The zero-order valence-electron chi connectivity index (χ0n) is 9.85. The van der Waals surface area contributed by atoms with Crippen LogP contribution in [0.1, 0.15) is 11.1 Å². The van der Waals surface area contributed by atoms with E-state index in [1.54, 1.807) is 18.0 Å². The largest absolute Gasteiger partial charge is 0.496 e. The number of benzene rings is 1. The zero-order chi connectivity index (χ0) is 13.1. The molecule has 2 aromatic rings. The van der Waals surface area contributed by atoms with Crippen LogP contribution in [0.5, 0.6) is 5.75 Å². The van der Waals surface area contributed by atoms with Crippen molar-refractivity contribution in [2.75, 3.05) is 7.11 Å². The predicted molar refractivity (Wildman–Crippen MR) is 73.0 cm³/mol. The summed E-state index contributed by atoms with van der Waals surface area (Å²) in [6.45, 7) is 0.621. The fourth-order valence-corrected chi connectivity index (χ4v) is 2.00. The summed E-state index contributed by atoms with van der Waals surface area (Å²) in [6.07, 6.45) is 3.62. The minimum Gasteiger partial charge on any atom is -0.496 e. The van der Waals surface area contributed by atoms with Gasteiger partial charge in [0, 0.05) is 6.20 Å². The molecular formula is C12H13BrN4O. The summed E-state index contributed by atoms with van der Waals surface area (Å²) in [5.74, 6) is 0.600. The first kappa shape index (κ1) is 12.6. The van der Waals surface area contributed by atoms with E-state index in [1.165, 1.54) is 0 Å². The van der Waals surface area contributed by atoms with Crippen molar-refractivity contribution < 1.29 is 4.74 Å². The van der Waals surface area contributed by atoms with Crippen LogP contribution < -0.4 is 10.5 Å². The Morgan fingerprint density at radius 3 is 2.89 bits per heavy atom. The molecule has 18 heavy (non-hydrogen) atoms. The lowest BCUT2D eigenvalue weighted by atomic mass is 10.1. The topological polar surface area (TPSA) is 76.9 Å². The molecule has 6 heteroatoms. The minimum absolute atomic E-state index is 0.00431. The van der Waals surface area contributed by atoms with Gasteiger partial charge >= 0.3 is 0 Å². The molecule has 0 aliphatic carbocycles. The van der Waals surface area contributed by atoms with Crippen molar-refractivity contribution >= 4 is 21.8 Å². The number of nitrogens with zero attached hydrogens (tertiary/aromatic N) is 2. The number of halogens is 1. The van der Waals surface area contributed by atoms with Crippen molar-refractivity contribution in [1.82, 2.24) is 9.78 Å². The van der Waals surface area contributed by atoms with Crippen molar-refractivity contribution in [1.29, 1.82) is 5.41 Å². The Balaban J connectivity index is 2.29. The summed E-state index contributed by atoms with van der Waals surface area (Å²) in [7, 11) is 1.56. The van der Waals surface area contributed by atoms with E-state index in [2.05, 4.69) is 21.0 Å². The molecule has 2 rings (SSSR count). The average Bonchev–Trinajstić information content (AvgIpc) is 2.74. The molecule has 3 N–H and O–H groups in total. The van der Waals surface area contributed by atoms with Crippen molar-refractivity contribution in [2.45, 2.75) is 6.54 Å². The van der Waals surface area contributed by atoms with Gasteiger partial charge in [-0.3, -0.25) is 10.1 Å². The van der Waals surface area contributed by atoms with Crippen LogP contribution in [0.4, 0.5) is 0 Å². The highest BCUT2D eigenvalue weighted by Crippen LogP contribution is 2.20. The standard InChI is InChI=1S/C12H13BrN4O/c1-18-11-3-2-8(4-10(11)12(14)15)6-17-7-9(13)5-16-17/h2-5,7H,6H2,1H3,(H3,14,15). The van der Waals surface area contributed by atoms with Crippen molar-refractivity contribution in [3.63, 3.8) is 0 Å². The van der Waals surface area contributed by atoms with E-state index in [0.717, 1.165) is 10.0 Å². The summed E-state index contributed by atoms with van der Waals surface area (Å²) in [5, 5.41) is 11.7. The fraction of sp³-hybridized carbons (Fsp3) is 0.167. The Kier molecular flexibility index (Phi) is 3.66. The van der Waals surface area contributed by atoms with Crippen LogP contribution in [-0.4, -0.2) is 22.7 Å². The molecular weight excluding hydrogens is 296 g/mol. The summed E-state index contributed by atoms with van der Waals surface area (Å²) < 4.78 is 7.90. The van der Waals surface area contributed by atoms with E-state index in [-0.39, 0.29) is 5.84 Å². The summed E-state index contributed by atoms with van der Waals surface area (Å²) in [6, 6.07) is 5.59. The minimum atomic E-state index is -0.00431. The van der Waals surface area contributed by atoms with E-state index < -0.39 is 0 Å². The number of ether oxygens (including phenoxy) is 1. The van der Waals surface area contributed by atoms with Gasteiger partial charge in [0.05, 0.1) is 29.9 Å². The number of rotatable bonds is 4. The van der Waals surface area contributed by atoms with Crippen molar-refractivity contribution in [2.24, 2.45) is 5.73 Å². The number of hydrogen-bond donors (Lipinski definition) is 2. The Hall–Kier alpha value is -1.82. The summed E-state index contributed by atoms with van der Waals surface area (Å²) in [5.41, 5.74) is 7.14. The molecule has 1 aromatic carbocycles. The maximum absolute atomic E-state index is 7.53. The summed E-state index contributed by atoms with van der Waals surface area (Å²) in [4.78, 5) is 0. The number of methoxy groups -OCH3 is 1. The highest BCUT2D eigenvalue weighted by atomic mass is 79.9. The molecule has 0 fully saturated rings. The Morgan fingerprint density at radius 2 is 2.33 bits per heavy atom. The lowest BCUT2D eigenvalue weighted by Gasteiger charge is -2.09. The van der Waals surface area contributed by atoms with Gasteiger partial charge in [0.1, 0.15) is 11.6 Å². The van der Waals surface area contributed by atoms with Crippen LogP contribution in [0.15, 0.2) is 35.1 Å². The van der Waals surface area contributed by atoms with Crippen molar-refractivity contribution in [3.05, 3.63) is 46.2 Å². The molecule has 1 heterocycles. The third-order valence-corrected chi connectivity index (χ3v) is 2.91. The van der Waals surface area contributed by atoms with Gasteiger partial charge in [0.15, 0.2) is 0 Å². The molecule has 1 aromatic heterocycles. The SMILES string of the molecule is COc1ccc(Cn2cc(Br)cn2)cc1C(=N)N. The smallest absolute Gasteiger partial charge is 0.129 e. The molecule has 0 saturated heterocycles. The zero-order valence-corrected chi connectivity index (χ0v) is 11.4. The Bertz CT molecular complexity index is 579. The molecule has 0 unspecified atom stereocenters. The van der Waals surface area contributed by atoms with Crippen LogP contribution in [0, 0.1) is 5.41 Å². The van der Waals surface area contributed by atoms with Gasteiger partial charge < -0.3 is 10.5 Å². The lowest BCUT2D eigenvalue weighted by molar-refractivity contribution is 0.413. The molecule has 94 valence electrons. The quantitative estimate of drug-likeness (QED) is 0.670. The van der Waals surface area contributed by atoms with Gasteiger partial charge in [-0.15, -0.1) is 0 Å². The second-order valence-electron chi connectivity index (χ2n) is 3.80. The van der Waals surface area contributed by atoms with E-state index in [9.17, 15) is 0 Å². The second kappa shape index (κ2) is 5.22. The van der Waals surface area contributed by atoms with E-state index in [0.29, 0.717) is 17.9 Å². The number of nitrogens with one attached hydrogen (secondary N) is 1. The molecule has 0 saturated carbocycles. The molecule has 0 aliphatic rings. The Morgan fingerprint density at radius 1 is 1.56 bits per heavy atom. The third-order valence-electron chi connectivity index (χ3n) is 2.50. The highest BCUT2D eigenvalue weighted by Gasteiger charge is 2.07. The molecule has 0 aliphatic heterocycles. The first-order valence-electron chi connectivity index (χ1n) is 5.29. The normalized spacial score (nSPS) is 10.3. The number of nitrogens with two attached hydrogens (primary N) is 1. The van der Waals surface area contributed by atoms with Crippen molar-refractivity contribution in [3.8, 4) is 5.75 Å².